The first kappa shape index (κ1) is 18.4. The van der Waals surface area contributed by atoms with Gasteiger partial charge in [-0.05, 0) is 42.8 Å². The Morgan fingerprint density at radius 1 is 1.14 bits per heavy atom. The van der Waals surface area contributed by atoms with Crippen molar-refractivity contribution in [3.05, 3.63) is 66.0 Å². The number of fused-ring (bicyclic) bond motifs is 2. The zero-order chi connectivity index (χ0) is 19.7. The molecule has 8 heteroatoms. The summed E-state index contributed by atoms with van der Waals surface area (Å²) in [6.07, 6.45) is 5.25. The summed E-state index contributed by atoms with van der Waals surface area (Å²) in [6, 6.07) is 8.58. The molecule has 1 aliphatic heterocycles. The maximum atomic E-state index is 13.8. The highest BCUT2D eigenvalue weighted by atomic mass is 32.2. The third kappa shape index (κ3) is 3.31. The number of hydrogen-bond acceptors (Lipinski definition) is 6. The Hall–Kier alpha value is -3.00. The average Bonchev–Trinajstić information content (AvgIpc) is 2.80. The smallest absolute Gasteiger partial charge is 0.261 e. The van der Waals surface area contributed by atoms with Gasteiger partial charge in [-0.25, -0.2) is 4.98 Å². The second-order valence-corrected chi connectivity index (χ2v) is 7.32. The van der Waals surface area contributed by atoms with E-state index in [1.165, 1.54) is 11.0 Å². The Bertz CT molecular complexity index is 1030. The van der Waals surface area contributed by atoms with E-state index in [0.29, 0.717) is 35.2 Å². The topological polar surface area (TPSA) is 62.2 Å². The van der Waals surface area contributed by atoms with Gasteiger partial charge in [-0.3, -0.25) is 9.78 Å². The van der Waals surface area contributed by atoms with E-state index >= 15 is 0 Å². The third-order valence-electron chi connectivity index (χ3n) is 4.52. The van der Waals surface area contributed by atoms with Crippen LogP contribution >= 0.6 is 11.8 Å². The molecule has 4 rings (SSSR count). The summed E-state index contributed by atoms with van der Waals surface area (Å²) in [5.74, 6) is 0.779. The number of rotatable bonds is 4. The molecule has 0 fully saturated rings. The highest BCUT2D eigenvalue weighted by molar-refractivity contribution is 7.98. The van der Waals surface area contributed by atoms with E-state index in [0.717, 1.165) is 10.5 Å². The van der Waals surface area contributed by atoms with Crippen LogP contribution in [-0.4, -0.2) is 34.5 Å². The van der Waals surface area contributed by atoms with Gasteiger partial charge >= 0.3 is 0 Å². The molecule has 0 bridgehead atoms. The van der Waals surface area contributed by atoms with Crippen molar-refractivity contribution in [1.29, 1.82) is 0 Å². The van der Waals surface area contributed by atoms with Gasteiger partial charge in [-0.1, -0.05) is 0 Å². The second-order valence-electron chi connectivity index (χ2n) is 6.27. The minimum absolute atomic E-state index is 0.191. The molecule has 0 saturated heterocycles. The predicted molar refractivity (Wildman–Crippen MR) is 108 cm³/mol. The number of carbonyl (C=O) groups excluding carboxylic acids is 1. The van der Waals surface area contributed by atoms with Crippen LogP contribution < -0.4 is 9.80 Å². The molecule has 4 heterocycles. The molecule has 1 amide bonds. The predicted octanol–water partition coefficient (Wildman–Crippen LogP) is 4.05. The fourth-order valence-electron chi connectivity index (χ4n) is 3.12. The maximum absolute atomic E-state index is 13.8. The standard InChI is InChI=1S/C20H18FN5OS/c1-3-26-18-15(20(27)25(2)16-4-5-17(21)24-19(16)26)10-13(11-23-18)12-28-14-6-8-22-9-7-14/h4-11H,3,12H2,1-2H3. The summed E-state index contributed by atoms with van der Waals surface area (Å²) < 4.78 is 13.8. The van der Waals surface area contributed by atoms with Gasteiger partial charge in [0.2, 0.25) is 5.95 Å². The lowest BCUT2D eigenvalue weighted by Gasteiger charge is -2.22. The average molecular weight is 395 g/mol. The lowest BCUT2D eigenvalue weighted by molar-refractivity contribution is 0.0994. The number of halogens is 1. The largest absolute Gasteiger partial charge is 0.309 e. The summed E-state index contributed by atoms with van der Waals surface area (Å²) in [7, 11) is 1.67. The normalized spacial score (nSPS) is 13.2. The first-order valence-corrected chi connectivity index (χ1v) is 9.81. The fraction of sp³-hybridized carbons (Fsp3) is 0.200. The lowest BCUT2D eigenvalue weighted by Crippen LogP contribution is -2.25. The van der Waals surface area contributed by atoms with Crippen LogP contribution in [-0.2, 0) is 5.75 Å². The molecule has 0 aliphatic carbocycles. The number of hydrogen-bond donors (Lipinski definition) is 0. The van der Waals surface area contributed by atoms with Gasteiger partial charge in [-0.15, -0.1) is 11.8 Å². The van der Waals surface area contributed by atoms with E-state index in [-0.39, 0.29) is 5.91 Å². The summed E-state index contributed by atoms with van der Waals surface area (Å²) in [4.78, 5) is 30.0. The Balaban J connectivity index is 1.73. The highest BCUT2D eigenvalue weighted by Gasteiger charge is 2.31. The number of nitrogens with zero attached hydrogens (tertiary/aromatic N) is 5. The number of thioether (sulfide) groups is 1. The van der Waals surface area contributed by atoms with Crippen LogP contribution in [0, 0.1) is 5.95 Å². The van der Waals surface area contributed by atoms with Gasteiger partial charge in [0.25, 0.3) is 5.91 Å². The number of carbonyl (C=O) groups is 1. The highest BCUT2D eigenvalue weighted by Crippen LogP contribution is 2.38. The Morgan fingerprint density at radius 2 is 1.93 bits per heavy atom. The molecule has 0 atom stereocenters. The first-order valence-electron chi connectivity index (χ1n) is 8.82. The van der Waals surface area contributed by atoms with Crippen LogP contribution in [0.25, 0.3) is 0 Å². The molecule has 0 unspecified atom stereocenters. The minimum atomic E-state index is -0.591. The lowest BCUT2D eigenvalue weighted by atomic mass is 10.1. The summed E-state index contributed by atoms with van der Waals surface area (Å²) in [5, 5.41) is 0. The summed E-state index contributed by atoms with van der Waals surface area (Å²) >= 11 is 1.65. The second kappa shape index (κ2) is 7.55. The number of amides is 1. The van der Waals surface area contributed by atoms with Gasteiger partial charge in [-0.2, -0.15) is 9.37 Å². The number of aromatic nitrogens is 3. The maximum Gasteiger partial charge on any atom is 0.261 e. The molecule has 0 radical (unpaired) electrons. The van der Waals surface area contributed by atoms with Crippen LogP contribution in [0.5, 0.6) is 0 Å². The molecule has 28 heavy (non-hydrogen) atoms. The first-order chi connectivity index (χ1) is 13.6. The third-order valence-corrected chi connectivity index (χ3v) is 5.61. The molecule has 0 saturated carbocycles. The van der Waals surface area contributed by atoms with E-state index in [2.05, 4.69) is 15.0 Å². The minimum Gasteiger partial charge on any atom is -0.309 e. The molecule has 0 aromatic carbocycles. The molecule has 142 valence electrons. The molecule has 1 aliphatic rings. The number of anilines is 3. The van der Waals surface area contributed by atoms with Crippen molar-refractivity contribution < 1.29 is 9.18 Å². The summed E-state index contributed by atoms with van der Waals surface area (Å²) in [6.45, 7) is 2.43. The SMILES string of the molecule is CCN1c2ncc(CSc3ccncc3)cc2C(=O)N(C)c2ccc(F)nc21. The van der Waals surface area contributed by atoms with Gasteiger partial charge in [0.15, 0.2) is 5.82 Å². The Morgan fingerprint density at radius 3 is 2.68 bits per heavy atom. The van der Waals surface area contributed by atoms with E-state index < -0.39 is 5.95 Å². The quantitative estimate of drug-likeness (QED) is 0.491. The van der Waals surface area contributed by atoms with Gasteiger partial charge in [0, 0.05) is 42.8 Å². The van der Waals surface area contributed by atoms with E-state index in [1.807, 2.05) is 25.1 Å². The summed E-state index contributed by atoms with van der Waals surface area (Å²) in [5.41, 5.74) is 1.97. The van der Waals surface area contributed by atoms with Crippen LogP contribution in [0.4, 0.5) is 21.7 Å². The molecule has 6 nitrogen and oxygen atoms in total. The van der Waals surface area contributed by atoms with Crippen molar-refractivity contribution in [3.8, 4) is 0 Å². The van der Waals surface area contributed by atoms with E-state index in [1.54, 1.807) is 48.4 Å². The monoisotopic (exact) mass is 395 g/mol. The Kier molecular flexibility index (Phi) is 4.95. The Labute approximate surface area is 166 Å². The van der Waals surface area contributed by atoms with Crippen LogP contribution in [0.15, 0.2) is 53.8 Å². The van der Waals surface area contributed by atoms with Crippen LogP contribution in [0.2, 0.25) is 0 Å². The van der Waals surface area contributed by atoms with Crippen molar-refractivity contribution in [2.45, 2.75) is 17.6 Å². The van der Waals surface area contributed by atoms with Crippen LogP contribution in [0.1, 0.15) is 22.8 Å². The van der Waals surface area contributed by atoms with Crippen molar-refractivity contribution >= 4 is 35.0 Å². The van der Waals surface area contributed by atoms with Crippen molar-refractivity contribution in [1.82, 2.24) is 15.0 Å². The molecule has 0 N–H and O–H groups in total. The molecular weight excluding hydrogens is 377 g/mol. The molecule has 0 spiro atoms. The van der Waals surface area contributed by atoms with Crippen molar-refractivity contribution in [3.63, 3.8) is 0 Å². The van der Waals surface area contributed by atoms with Gasteiger partial charge in [0.1, 0.15) is 5.82 Å². The van der Waals surface area contributed by atoms with E-state index in [4.69, 9.17) is 0 Å². The van der Waals surface area contributed by atoms with Gasteiger partial charge < -0.3 is 9.80 Å². The molecule has 3 aromatic heterocycles. The van der Waals surface area contributed by atoms with Crippen molar-refractivity contribution in [2.75, 3.05) is 23.4 Å². The number of pyridine rings is 3. The zero-order valence-corrected chi connectivity index (χ0v) is 16.3. The molecular formula is C20H18FN5OS. The molecule has 3 aromatic rings. The van der Waals surface area contributed by atoms with Gasteiger partial charge in [0.05, 0.1) is 11.3 Å². The van der Waals surface area contributed by atoms with Crippen LogP contribution in [0.3, 0.4) is 0 Å². The zero-order valence-electron chi connectivity index (χ0n) is 15.5. The fourth-order valence-corrected chi connectivity index (χ4v) is 3.93. The van der Waals surface area contributed by atoms with E-state index in [9.17, 15) is 9.18 Å². The van der Waals surface area contributed by atoms with Crippen molar-refractivity contribution in [2.24, 2.45) is 0 Å².